The highest BCUT2D eigenvalue weighted by atomic mass is 35.5. The second-order valence-electron chi connectivity index (χ2n) is 6.28. The predicted molar refractivity (Wildman–Crippen MR) is 98.8 cm³/mol. The third kappa shape index (κ3) is 3.55. The first-order chi connectivity index (χ1) is 12.2. The van der Waals surface area contributed by atoms with Gasteiger partial charge in [0.05, 0.1) is 4.34 Å². The van der Waals surface area contributed by atoms with Crippen molar-refractivity contribution >= 4 is 22.9 Å². The second-order valence-corrected chi connectivity index (χ2v) is 7.97. The summed E-state index contributed by atoms with van der Waals surface area (Å²) in [6.45, 7) is 1.99. The predicted octanol–water partition coefficient (Wildman–Crippen LogP) is 4.79. The van der Waals surface area contributed by atoms with Crippen LogP contribution in [0.2, 0.25) is 4.34 Å². The van der Waals surface area contributed by atoms with Crippen LogP contribution in [-0.4, -0.2) is 25.9 Å². The molecule has 1 saturated carbocycles. The van der Waals surface area contributed by atoms with Crippen molar-refractivity contribution in [2.75, 3.05) is 0 Å². The molecule has 1 fully saturated rings. The average Bonchev–Trinajstić information content (AvgIpc) is 3.22. The van der Waals surface area contributed by atoms with E-state index in [9.17, 15) is 0 Å². The molecule has 1 aliphatic carbocycles. The van der Waals surface area contributed by atoms with Crippen molar-refractivity contribution in [2.45, 2.75) is 44.6 Å². The largest absolute Gasteiger partial charge is 0.474 e. The van der Waals surface area contributed by atoms with E-state index >= 15 is 0 Å². The molecule has 25 heavy (non-hydrogen) atoms. The van der Waals surface area contributed by atoms with Gasteiger partial charge in [0.2, 0.25) is 5.88 Å². The minimum absolute atomic E-state index is 0.222. The smallest absolute Gasteiger partial charge is 0.213 e. The normalized spacial score (nSPS) is 20.6. The maximum atomic E-state index is 6.11. The molecule has 0 aliphatic heterocycles. The molecule has 0 amide bonds. The first-order valence-electron chi connectivity index (χ1n) is 8.46. The number of hydrogen-bond acceptors (Lipinski definition) is 5. The highest BCUT2D eigenvalue weighted by molar-refractivity contribution is 7.18. The zero-order valence-electron chi connectivity index (χ0n) is 13.9. The standard InChI is InChI=1S/C18H19ClN4OS/c1-12-21-22-18(23(12)17-10-9-15(19)25-17)13-5-7-14(8-6-13)24-16-4-2-3-11-20-16/h2-4,9-11,13-14H,5-8H2,1H3. The van der Waals surface area contributed by atoms with Crippen LogP contribution in [0.3, 0.4) is 0 Å². The van der Waals surface area contributed by atoms with Gasteiger partial charge in [0.25, 0.3) is 0 Å². The van der Waals surface area contributed by atoms with E-state index in [0.29, 0.717) is 11.8 Å². The van der Waals surface area contributed by atoms with Gasteiger partial charge in [-0.1, -0.05) is 17.7 Å². The average molecular weight is 375 g/mol. The van der Waals surface area contributed by atoms with Crippen molar-refractivity contribution in [1.29, 1.82) is 0 Å². The fourth-order valence-electron chi connectivity index (χ4n) is 3.37. The molecule has 0 spiro atoms. The maximum absolute atomic E-state index is 6.11. The molecular weight excluding hydrogens is 356 g/mol. The molecule has 0 saturated heterocycles. The summed E-state index contributed by atoms with van der Waals surface area (Å²) in [6.07, 6.45) is 6.05. The molecule has 1 aliphatic rings. The molecular formula is C18H19ClN4OS. The Kier molecular flexibility index (Phi) is 4.72. The summed E-state index contributed by atoms with van der Waals surface area (Å²) in [7, 11) is 0. The Morgan fingerprint density at radius 1 is 1.12 bits per heavy atom. The molecule has 4 rings (SSSR count). The lowest BCUT2D eigenvalue weighted by molar-refractivity contribution is 0.139. The number of nitrogens with zero attached hydrogens (tertiary/aromatic N) is 4. The number of pyridine rings is 1. The van der Waals surface area contributed by atoms with Crippen LogP contribution < -0.4 is 4.74 Å². The van der Waals surface area contributed by atoms with Gasteiger partial charge in [0.1, 0.15) is 22.8 Å². The monoisotopic (exact) mass is 374 g/mol. The Balaban J connectivity index is 1.46. The van der Waals surface area contributed by atoms with Crippen LogP contribution >= 0.6 is 22.9 Å². The first-order valence-corrected chi connectivity index (χ1v) is 9.65. The van der Waals surface area contributed by atoms with E-state index in [4.69, 9.17) is 16.3 Å². The zero-order valence-corrected chi connectivity index (χ0v) is 15.5. The van der Waals surface area contributed by atoms with Crippen LogP contribution in [0.1, 0.15) is 43.3 Å². The van der Waals surface area contributed by atoms with Crippen molar-refractivity contribution < 1.29 is 4.74 Å². The molecule has 0 atom stereocenters. The van der Waals surface area contributed by atoms with Gasteiger partial charge >= 0.3 is 0 Å². The number of thiophene rings is 1. The van der Waals surface area contributed by atoms with Crippen LogP contribution in [0, 0.1) is 6.92 Å². The number of rotatable bonds is 4. The highest BCUT2D eigenvalue weighted by Crippen LogP contribution is 2.36. The Morgan fingerprint density at radius 2 is 1.96 bits per heavy atom. The van der Waals surface area contributed by atoms with Gasteiger partial charge in [-0.2, -0.15) is 0 Å². The fraction of sp³-hybridized carbons (Fsp3) is 0.389. The van der Waals surface area contributed by atoms with Gasteiger partial charge in [-0.15, -0.1) is 21.5 Å². The Hall–Kier alpha value is -1.92. The van der Waals surface area contributed by atoms with Crippen molar-refractivity contribution in [3.63, 3.8) is 0 Å². The number of ether oxygens (including phenoxy) is 1. The van der Waals surface area contributed by atoms with E-state index in [2.05, 4.69) is 19.7 Å². The van der Waals surface area contributed by atoms with Gasteiger partial charge in [-0.3, -0.25) is 4.57 Å². The number of halogens is 1. The third-order valence-electron chi connectivity index (χ3n) is 4.59. The van der Waals surface area contributed by atoms with Crippen molar-refractivity contribution in [3.8, 4) is 10.9 Å². The van der Waals surface area contributed by atoms with Crippen LogP contribution in [0.25, 0.3) is 5.00 Å². The van der Waals surface area contributed by atoms with Crippen molar-refractivity contribution in [1.82, 2.24) is 19.7 Å². The van der Waals surface area contributed by atoms with Crippen molar-refractivity contribution in [3.05, 3.63) is 52.5 Å². The molecule has 3 heterocycles. The highest BCUT2D eigenvalue weighted by Gasteiger charge is 2.28. The quantitative estimate of drug-likeness (QED) is 0.658. The van der Waals surface area contributed by atoms with Crippen molar-refractivity contribution in [2.24, 2.45) is 0 Å². The lowest BCUT2D eigenvalue weighted by Crippen LogP contribution is -2.25. The van der Waals surface area contributed by atoms with E-state index in [1.165, 1.54) is 0 Å². The van der Waals surface area contributed by atoms with E-state index in [1.807, 2.05) is 37.3 Å². The summed E-state index contributed by atoms with van der Waals surface area (Å²) in [5, 5.41) is 9.84. The lowest BCUT2D eigenvalue weighted by Gasteiger charge is -2.28. The van der Waals surface area contributed by atoms with Gasteiger partial charge in [0, 0.05) is 18.2 Å². The van der Waals surface area contributed by atoms with E-state index < -0.39 is 0 Å². The minimum atomic E-state index is 0.222. The molecule has 0 unspecified atom stereocenters. The Bertz CT molecular complexity index is 840. The Morgan fingerprint density at radius 3 is 2.64 bits per heavy atom. The van der Waals surface area contributed by atoms with Gasteiger partial charge in [-0.25, -0.2) is 4.98 Å². The van der Waals surface area contributed by atoms with Crippen LogP contribution in [0.4, 0.5) is 0 Å². The van der Waals surface area contributed by atoms with Gasteiger partial charge in [0.15, 0.2) is 0 Å². The summed E-state index contributed by atoms with van der Waals surface area (Å²) in [5.41, 5.74) is 0. The summed E-state index contributed by atoms with van der Waals surface area (Å²) in [4.78, 5) is 4.25. The molecule has 130 valence electrons. The van der Waals surface area contributed by atoms with Crippen LogP contribution in [0.15, 0.2) is 36.5 Å². The van der Waals surface area contributed by atoms with Crippen LogP contribution in [-0.2, 0) is 0 Å². The van der Waals surface area contributed by atoms with E-state index in [1.54, 1.807) is 17.5 Å². The first kappa shape index (κ1) is 16.5. The topological polar surface area (TPSA) is 52.8 Å². The molecule has 3 aromatic rings. The van der Waals surface area contributed by atoms with Gasteiger partial charge < -0.3 is 4.74 Å². The van der Waals surface area contributed by atoms with Crippen LogP contribution in [0.5, 0.6) is 5.88 Å². The number of aromatic nitrogens is 4. The minimum Gasteiger partial charge on any atom is -0.474 e. The zero-order chi connectivity index (χ0) is 17.2. The molecule has 5 nitrogen and oxygen atoms in total. The summed E-state index contributed by atoms with van der Waals surface area (Å²) >= 11 is 7.66. The second kappa shape index (κ2) is 7.14. The molecule has 7 heteroatoms. The Labute approximate surface area is 155 Å². The number of aryl methyl sites for hydroxylation is 1. The molecule has 0 N–H and O–H groups in total. The summed E-state index contributed by atoms with van der Waals surface area (Å²) in [6, 6.07) is 9.71. The fourth-order valence-corrected chi connectivity index (χ4v) is 4.46. The van der Waals surface area contributed by atoms with E-state index in [0.717, 1.165) is 46.7 Å². The van der Waals surface area contributed by atoms with E-state index in [-0.39, 0.29) is 6.10 Å². The SMILES string of the molecule is Cc1nnc(C2CCC(Oc3ccccn3)CC2)n1-c1ccc(Cl)s1. The molecule has 0 aromatic carbocycles. The maximum Gasteiger partial charge on any atom is 0.213 e. The molecule has 0 bridgehead atoms. The molecule has 0 radical (unpaired) electrons. The number of hydrogen-bond donors (Lipinski definition) is 0. The third-order valence-corrected chi connectivity index (χ3v) is 5.81. The lowest BCUT2D eigenvalue weighted by atomic mass is 9.86. The molecule has 3 aromatic heterocycles. The summed E-state index contributed by atoms with van der Waals surface area (Å²) in [5.74, 6) is 3.04. The summed E-state index contributed by atoms with van der Waals surface area (Å²) < 4.78 is 8.91. The van der Waals surface area contributed by atoms with Gasteiger partial charge in [-0.05, 0) is 50.8 Å².